The summed E-state index contributed by atoms with van der Waals surface area (Å²) in [7, 11) is 0. The first-order valence-corrected chi connectivity index (χ1v) is 6.65. The second-order valence-corrected chi connectivity index (χ2v) is 4.96. The first-order valence-electron chi connectivity index (χ1n) is 6.65. The molecule has 0 aliphatic rings. The van der Waals surface area contributed by atoms with Crippen molar-refractivity contribution in [2.75, 3.05) is 0 Å². The fourth-order valence-corrected chi connectivity index (χ4v) is 1.98. The SMILES string of the molecule is Cc1cc(C(=O)NC(C)CCc2ccco2)ccc1F. The van der Waals surface area contributed by atoms with Crippen molar-refractivity contribution in [3.05, 3.63) is 59.3 Å². The molecule has 0 radical (unpaired) electrons. The molecule has 106 valence electrons. The fourth-order valence-electron chi connectivity index (χ4n) is 1.98. The Hall–Kier alpha value is -2.10. The lowest BCUT2D eigenvalue weighted by Crippen LogP contribution is -2.32. The van der Waals surface area contributed by atoms with Crippen LogP contribution in [0.3, 0.4) is 0 Å². The standard InChI is InChI=1S/C16H18FNO2/c1-11-10-13(6-8-15(11)17)16(19)18-12(2)5-7-14-4-3-9-20-14/h3-4,6,8-10,12H,5,7H2,1-2H3,(H,18,19). The summed E-state index contributed by atoms with van der Waals surface area (Å²) in [5, 5.41) is 2.90. The van der Waals surface area contributed by atoms with E-state index in [-0.39, 0.29) is 17.8 Å². The van der Waals surface area contributed by atoms with Crippen LogP contribution < -0.4 is 5.32 Å². The quantitative estimate of drug-likeness (QED) is 0.907. The smallest absolute Gasteiger partial charge is 0.251 e. The van der Waals surface area contributed by atoms with Crippen molar-refractivity contribution in [2.24, 2.45) is 0 Å². The highest BCUT2D eigenvalue weighted by atomic mass is 19.1. The number of hydrogen-bond donors (Lipinski definition) is 1. The Kier molecular flexibility index (Phi) is 4.56. The highest BCUT2D eigenvalue weighted by Crippen LogP contribution is 2.10. The van der Waals surface area contributed by atoms with Gasteiger partial charge in [-0.3, -0.25) is 4.79 Å². The summed E-state index contributed by atoms with van der Waals surface area (Å²) < 4.78 is 18.4. The van der Waals surface area contributed by atoms with E-state index in [1.807, 2.05) is 19.1 Å². The van der Waals surface area contributed by atoms with Gasteiger partial charge in [-0.05, 0) is 56.2 Å². The topological polar surface area (TPSA) is 42.2 Å². The van der Waals surface area contributed by atoms with Crippen molar-refractivity contribution in [3.8, 4) is 0 Å². The largest absolute Gasteiger partial charge is 0.469 e. The Morgan fingerprint density at radius 2 is 2.20 bits per heavy atom. The van der Waals surface area contributed by atoms with E-state index in [1.165, 1.54) is 12.1 Å². The molecule has 20 heavy (non-hydrogen) atoms. The maximum Gasteiger partial charge on any atom is 0.251 e. The van der Waals surface area contributed by atoms with Gasteiger partial charge in [-0.15, -0.1) is 0 Å². The van der Waals surface area contributed by atoms with Crippen molar-refractivity contribution in [3.63, 3.8) is 0 Å². The van der Waals surface area contributed by atoms with Gasteiger partial charge < -0.3 is 9.73 Å². The van der Waals surface area contributed by atoms with E-state index in [2.05, 4.69) is 5.32 Å². The predicted octanol–water partition coefficient (Wildman–Crippen LogP) is 3.48. The van der Waals surface area contributed by atoms with E-state index in [9.17, 15) is 9.18 Å². The average Bonchev–Trinajstić information content (AvgIpc) is 2.92. The molecular weight excluding hydrogens is 257 g/mol. The van der Waals surface area contributed by atoms with Gasteiger partial charge in [0.25, 0.3) is 5.91 Å². The highest BCUT2D eigenvalue weighted by Gasteiger charge is 2.11. The van der Waals surface area contributed by atoms with Crippen LogP contribution in [-0.4, -0.2) is 11.9 Å². The molecule has 2 rings (SSSR count). The van der Waals surface area contributed by atoms with Crippen LogP contribution in [0.4, 0.5) is 4.39 Å². The van der Waals surface area contributed by atoms with Gasteiger partial charge in [0.2, 0.25) is 0 Å². The normalized spacial score (nSPS) is 12.2. The van der Waals surface area contributed by atoms with Gasteiger partial charge in [0.1, 0.15) is 11.6 Å². The Morgan fingerprint density at radius 3 is 2.85 bits per heavy atom. The molecule has 3 nitrogen and oxygen atoms in total. The van der Waals surface area contributed by atoms with Crippen molar-refractivity contribution >= 4 is 5.91 Å². The maximum absolute atomic E-state index is 13.2. The number of halogens is 1. The molecule has 1 atom stereocenters. The lowest BCUT2D eigenvalue weighted by atomic mass is 10.1. The monoisotopic (exact) mass is 275 g/mol. The zero-order valence-electron chi connectivity index (χ0n) is 11.7. The van der Waals surface area contributed by atoms with Gasteiger partial charge in [0, 0.05) is 18.0 Å². The number of carbonyl (C=O) groups is 1. The lowest BCUT2D eigenvalue weighted by Gasteiger charge is -2.13. The predicted molar refractivity (Wildman–Crippen MR) is 75.1 cm³/mol. The number of nitrogens with one attached hydrogen (secondary N) is 1. The first-order chi connectivity index (χ1) is 9.56. The minimum atomic E-state index is -0.299. The number of benzene rings is 1. The van der Waals surface area contributed by atoms with E-state index in [4.69, 9.17) is 4.42 Å². The fraction of sp³-hybridized carbons (Fsp3) is 0.312. The third-order valence-corrected chi connectivity index (χ3v) is 3.20. The van der Waals surface area contributed by atoms with Crippen LogP contribution in [0.2, 0.25) is 0 Å². The zero-order chi connectivity index (χ0) is 14.5. The second kappa shape index (κ2) is 6.37. The molecule has 1 aromatic heterocycles. The summed E-state index contributed by atoms with van der Waals surface area (Å²) in [4.78, 5) is 12.0. The van der Waals surface area contributed by atoms with Crippen molar-refractivity contribution in [1.29, 1.82) is 0 Å². The summed E-state index contributed by atoms with van der Waals surface area (Å²) in [6.45, 7) is 3.59. The van der Waals surface area contributed by atoms with Gasteiger partial charge in [-0.1, -0.05) is 0 Å². The number of amides is 1. The van der Waals surface area contributed by atoms with Gasteiger partial charge in [-0.2, -0.15) is 0 Å². The van der Waals surface area contributed by atoms with Crippen LogP contribution in [-0.2, 0) is 6.42 Å². The van der Waals surface area contributed by atoms with Gasteiger partial charge >= 0.3 is 0 Å². The molecule has 1 aromatic carbocycles. The molecule has 1 heterocycles. The Balaban J connectivity index is 1.88. The van der Waals surface area contributed by atoms with Crippen LogP contribution in [0.15, 0.2) is 41.0 Å². The molecule has 1 N–H and O–H groups in total. The van der Waals surface area contributed by atoms with Gasteiger partial charge in [-0.25, -0.2) is 4.39 Å². The molecule has 0 spiro atoms. The van der Waals surface area contributed by atoms with Gasteiger partial charge in [0.05, 0.1) is 6.26 Å². The number of hydrogen-bond acceptors (Lipinski definition) is 2. The van der Waals surface area contributed by atoms with Crippen LogP contribution in [0.25, 0.3) is 0 Å². The third-order valence-electron chi connectivity index (χ3n) is 3.20. The first kappa shape index (κ1) is 14.3. The average molecular weight is 275 g/mol. The minimum absolute atomic E-state index is 0.0259. The van der Waals surface area contributed by atoms with Gasteiger partial charge in [0.15, 0.2) is 0 Å². The number of carbonyl (C=O) groups excluding carboxylic acids is 1. The number of furan rings is 1. The minimum Gasteiger partial charge on any atom is -0.469 e. The third kappa shape index (κ3) is 3.70. The maximum atomic E-state index is 13.2. The number of rotatable bonds is 5. The molecule has 0 bridgehead atoms. The van der Waals surface area contributed by atoms with E-state index >= 15 is 0 Å². The molecule has 0 aliphatic carbocycles. The molecule has 4 heteroatoms. The molecule has 1 unspecified atom stereocenters. The van der Waals surface area contributed by atoms with Crippen LogP contribution in [0, 0.1) is 12.7 Å². The van der Waals surface area contributed by atoms with Crippen molar-refractivity contribution in [1.82, 2.24) is 5.32 Å². The Bertz CT molecular complexity index is 578. The molecular formula is C16H18FNO2. The van der Waals surface area contributed by atoms with Crippen LogP contribution in [0.5, 0.6) is 0 Å². The van der Waals surface area contributed by atoms with Crippen molar-refractivity contribution in [2.45, 2.75) is 32.7 Å². The van der Waals surface area contributed by atoms with E-state index < -0.39 is 0 Å². The molecule has 2 aromatic rings. The molecule has 0 saturated heterocycles. The molecule has 0 saturated carbocycles. The lowest BCUT2D eigenvalue weighted by molar-refractivity contribution is 0.0938. The van der Waals surface area contributed by atoms with Crippen LogP contribution in [0.1, 0.15) is 35.0 Å². The summed E-state index contributed by atoms with van der Waals surface area (Å²) in [5.74, 6) is 0.427. The summed E-state index contributed by atoms with van der Waals surface area (Å²) in [6, 6.07) is 8.16. The molecule has 1 amide bonds. The Morgan fingerprint density at radius 1 is 1.40 bits per heavy atom. The van der Waals surface area contributed by atoms with E-state index in [0.29, 0.717) is 11.1 Å². The van der Waals surface area contributed by atoms with E-state index in [1.54, 1.807) is 19.3 Å². The summed E-state index contributed by atoms with van der Waals surface area (Å²) in [6.07, 6.45) is 3.20. The Labute approximate surface area is 117 Å². The molecule has 0 fully saturated rings. The second-order valence-electron chi connectivity index (χ2n) is 4.96. The summed E-state index contributed by atoms with van der Waals surface area (Å²) >= 11 is 0. The highest BCUT2D eigenvalue weighted by molar-refractivity contribution is 5.94. The zero-order valence-corrected chi connectivity index (χ0v) is 11.7. The number of aryl methyl sites for hydroxylation is 2. The molecule has 0 aliphatic heterocycles. The van der Waals surface area contributed by atoms with E-state index in [0.717, 1.165) is 18.6 Å². The summed E-state index contributed by atoms with van der Waals surface area (Å²) in [5.41, 5.74) is 0.953. The van der Waals surface area contributed by atoms with Crippen molar-refractivity contribution < 1.29 is 13.6 Å². The van der Waals surface area contributed by atoms with Crippen LogP contribution >= 0.6 is 0 Å².